The Morgan fingerprint density at radius 3 is 1.90 bits per heavy atom. The topological polar surface area (TPSA) is 12.5 Å². The lowest BCUT2D eigenvalue weighted by atomic mass is 9.91. The standard InChI is InChI=1S/C24H33F3NO/c25-24(26,27)21-13-11-20(12-14-21)23-22(10-5-15-29-23)28(16-18-6-1-2-7-18)17-19-8-3-4-9-19/h11-15,18-19,22-23H,1-10,16-17H2/t22-,23+/m1/s1. The molecule has 161 valence electrons. The van der Waals surface area contributed by atoms with Crippen molar-refractivity contribution in [3.8, 4) is 0 Å². The third-order valence-electron chi connectivity index (χ3n) is 7.14. The van der Waals surface area contributed by atoms with Gasteiger partial charge < -0.3 is 4.74 Å². The summed E-state index contributed by atoms with van der Waals surface area (Å²) in [6, 6.07) is 5.87. The molecule has 29 heavy (non-hydrogen) atoms. The van der Waals surface area contributed by atoms with Gasteiger partial charge in [-0.2, -0.15) is 13.2 Å². The minimum Gasteiger partial charge on any atom is -0.366 e. The predicted octanol–water partition coefficient (Wildman–Crippen LogP) is 6.77. The van der Waals surface area contributed by atoms with Gasteiger partial charge in [-0.25, -0.2) is 0 Å². The smallest absolute Gasteiger partial charge is 0.366 e. The molecule has 5 heteroatoms. The van der Waals surface area contributed by atoms with Crippen molar-refractivity contribution >= 4 is 0 Å². The number of hydrogen-bond donors (Lipinski definition) is 0. The zero-order valence-electron chi connectivity index (χ0n) is 17.2. The molecule has 2 atom stereocenters. The zero-order valence-corrected chi connectivity index (χ0v) is 17.2. The molecule has 0 amide bonds. The van der Waals surface area contributed by atoms with E-state index in [9.17, 15) is 13.2 Å². The molecule has 3 fully saturated rings. The summed E-state index contributed by atoms with van der Waals surface area (Å²) < 4.78 is 45.0. The van der Waals surface area contributed by atoms with Crippen LogP contribution in [0.4, 0.5) is 13.2 Å². The number of halogens is 3. The average molecular weight is 409 g/mol. The van der Waals surface area contributed by atoms with Crippen molar-refractivity contribution in [2.75, 3.05) is 13.1 Å². The number of nitrogens with zero attached hydrogens (tertiary/aromatic N) is 1. The second-order valence-electron chi connectivity index (χ2n) is 9.24. The van der Waals surface area contributed by atoms with Gasteiger partial charge in [-0.15, -0.1) is 0 Å². The summed E-state index contributed by atoms with van der Waals surface area (Å²) in [7, 11) is 0. The molecule has 1 aliphatic heterocycles. The first-order valence-corrected chi connectivity index (χ1v) is 11.4. The SMILES string of the molecule is FC(F)(F)c1ccc([C@@H]2O[CH]CC[C@H]2N(CC2CCCC2)CC2CCCC2)cc1. The van der Waals surface area contributed by atoms with E-state index in [0.29, 0.717) is 0 Å². The number of alkyl halides is 3. The highest BCUT2D eigenvalue weighted by Gasteiger charge is 2.36. The van der Waals surface area contributed by atoms with Crippen LogP contribution >= 0.6 is 0 Å². The van der Waals surface area contributed by atoms with Crippen LogP contribution in [0, 0.1) is 18.4 Å². The lowest BCUT2D eigenvalue weighted by Crippen LogP contribution is -2.46. The Morgan fingerprint density at radius 1 is 0.828 bits per heavy atom. The lowest BCUT2D eigenvalue weighted by molar-refractivity contribution is -0.137. The van der Waals surface area contributed by atoms with E-state index in [2.05, 4.69) is 4.90 Å². The van der Waals surface area contributed by atoms with E-state index < -0.39 is 11.7 Å². The summed E-state index contributed by atoms with van der Waals surface area (Å²) in [5.41, 5.74) is 0.271. The minimum atomic E-state index is -4.30. The van der Waals surface area contributed by atoms with Gasteiger partial charge in [0.15, 0.2) is 0 Å². The van der Waals surface area contributed by atoms with Crippen LogP contribution in [0.2, 0.25) is 0 Å². The Labute approximate surface area is 172 Å². The van der Waals surface area contributed by atoms with Crippen LogP contribution in [0.5, 0.6) is 0 Å². The molecule has 1 aromatic rings. The maximum Gasteiger partial charge on any atom is 0.416 e. The van der Waals surface area contributed by atoms with Gasteiger partial charge in [0.1, 0.15) is 0 Å². The fourth-order valence-corrected chi connectivity index (χ4v) is 5.58. The largest absolute Gasteiger partial charge is 0.416 e. The summed E-state index contributed by atoms with van der Waals surface area (Å²) >= 11 is 0. The van der Waals surface area contributed by atoms with Crippen LogP contribution in [0.15, 0.2) is 24.3 Å². The fraction of sp³-hybridized carbons (Fsp3) is 0.708. The molecule has 2 nitrogen and oxygen atoms in total. The molecule has 1 saturated heterocycles. The molecule has 3 aliphatic rings. The molecular weight excluding hydrogens is 375 g/mol. The summed E-state index contributed by atoms with van der Waals surface area (Å²) in [5.74, 6) is 1.52. The van der Waals surface area contributed by atoms with Gasteiger partial charge in [0, 0.05) is 19.1 Å². The molecule has 0 unspecified atom stereocenters. The van der Waals surface area contributed by atoms with Crippen molar-refractivity contribution in [2.45, 2.75) is 82.5 Å². The molecule has 2 saturated carbocycles. The van der Waals surface area contributed by atoms with Crippen molar-refractivity contribution in [1.82, 2.24) is 4.90 Å². The van der Waals surface area contributed by atoms with E-state index in [4.69, 9.17) is 4.74 Å². The normalized spacial score (nSPS) is 27.2. The van der Waals surface area contributed by atoms with Crippen molar-refractivity contribution in [1.29, 1.82) is 0 Å². The number of benzene rings is 1. The molecule has 1 aromatic carbocycles. The number of hydrogen-bond acceptors (Lipinski definition) is 2. The van der Waals surface area contributed by atoms with Crippen LogP contribution in [-0.4, -0.2) is 24.0 Å². The highest BCUT2D eigenvalue weighted by atomic mass is 19.4. The van der Waals surface area contributed by atoms with Crippen LogP contribution in [0.3, 0.4) is 0 Å². The predicted molar refractivity (Wildman–Crippen MR) is 108 cm³/mol. The molecule has 0 spiro atoms. The first-order chi connectivity index (χ1) is 14.0. The molecule has 0 N–H and O–H groups in total. The van der Waals surface area contributed by atoms with Crippen molar-refractivity contribution < 1.29 is 17.9 Å². The van der Waals surface area contributed by atoms with E-state index in [1.165, 1.54) is 63.5 Å². The van der Waals surface area contributed by atoms with Crippen molar-refractivity contribution in [3.05, 3.63) is 42.0 Å². The van der Waals surface area contributed by atoms with Gasteiger partial charge in [-0.1, -0.05) is 37.8 Å². The van der Waals surface area contributed by atoms with Gasteiger partial charge in [0.2, 0.25) is 0 Å². The monoisotopic (exact) mass is 408 g/mol. The van der Waals surface area contributed by atoms with Crippen LogP contribution in [0.1, 0.15) is 81.4 Å². The molecule has 1 heterocycles. The molecule has 4 rings (SSSR count). The minimum absolute atomic E-state index is 0.172. The highest BCUT2D eigenvalue weighted by Crippen LogP contribution is 2.38. The summed E-state index contributed by atoms with van der Waals surface area (Å²) in [6.07, 6.45) is 8.04. The second-order valence-corrected chi connectivity index (χ2v) is 9.24. The Morgan fingerprint density at radius 2 is 1.38 bits per heavy atom. The van der Waals surface area contributed by atoms with Gasteiger partial charge in [-0.3, -0.25) is 4.90 Å². The number of ether oxygens (including phenoxy) is 1. The van der Waals surface area contributed by atoms with Crippen LogP contribution in [-0.2, 0) is 10.9 Å². The van der Waals surface area contributed by atoms with E-state index in [-0.39, 0.29) is 12.1 Å². The molecular formula is C24H33F3NO. The van der Waals surface area contributed by atoms with E-state index in [1.54, 1.807) is 12.1 Å². The molecule has 2 aliphatic carbocycles. The Balaban J connectivity index is 1.53. The first-order valence-electron chi connectivity index (χ1n) is 11.4. The average Bonchev–Trinajstić information content (AvgIpc) is 3.41. The van der Waals surface area contributed by atoms with Crippen molar-refractivity contribution in [3.63, 3.8) is 0 Å². The Kier molecular flexibility index (Phi) is 6.85. The molecule has 1 radical (unpaired) electrons. The van der Waals surface area contributed by atoms with Gasteiger partial charge in [0.25, 0.3) is 0 Å². The second kappa shape index (κ2) is 9.38. The van der Waals surface area contributed by atoms with E-state index in [0.717, 1.165) is 43.3 Å². The van der Waals surface area contributed by atoms with E-state index in [1.807, 2.05) is 6.61 Å². The number of rotatable bonds is 6. The van der Waals surface area contributed by atoms with Crippen molar-refractivity contribution in [2.24, 2.45) is 11.8 Å². The molecule has 0 aromatic heterocycles. The van der Waals surface area contributed by atoms with Gasteiger partial charge >= 0.3 is 6.18 Å². The zero-order chi connectivity index (χ0) is 20.3. The Hall–Kier alpha value is -1.07. The van der Waals surface area contributed by atoms with Gasteiger partial charge in [-0.05, 0) is 68.1 Å². The lowest BCUT2D eigenvalue weighted by Gasteiger charge is -2.42. The van der Waals surface area contributed by atoms with Crippen LogP contribution in [0.25, 0.3) is 0 Å². The summed E-state index contributed by atoms with van der Waals surface area (Å²) in [5, 5.41) is 0. The maximum atomic E-state index is 13.0. The summed E-state index contributed by atoms with van der Waals surface area (Å²) in [6.45, 7) is 4.07. The van der Waals surface area contributed by atoms with E-state index >= 15 is 0 Å². The Bertz CT molecular complexity index is 615. The third kappa shape index (κ3) is 5.35. The maximum absolute atomic E-state index is 13.0. The van der Waals surface area contributed by atoms with Crippen LogP contribution < -0.4 is 0 Å². The first kappa shape index (κ1) is 21.2. The fourth-order valence-electron chi connectivity index (χ4n) is 5.58. The quantitative estimate of drug-likeness (QED) is 0.515. The van der Waals surface area contributed by atoms with Gasteiger partial charge in [0.05, 0.1) is 18.3 Å². The third-order valence-corrected chi connectivity index (χ3v) is 7.14. The summed E-state index contributed by atoms with van der Waals surface area (Å²) in [4.78, 5) is 2.65. The molecule has 0 bridgehead atoms. The highest BCUT2D eigenvalue weighted by molar-refractivity contribution is 5.27.